The Morgan fingerprint density at radius 3 is 1.89 bits per heavy atom. The highest BCUT2D eigenvalue weighted by atomic mass is 32.2. The van der Waals surface area contributed by atoms with Crippen molar-refractivity contribution >= 4 is 27.9 Å². The Hall–Kier alpha value is -5.00. The molecule has 0 spiro atoms. The molecule has 0 radical (unpaired) electrons. The van der Waals surface area contributed by atoms with E-state index in [0.29, 0.717) is 12.0 Å². The zero-order valence-corrected chi connectivity index (χ0v) is 24.4. The van der Waals surface area contributed by atoms with Crippen molar-refractivity contribution in [2.45, 2.75) is 29.7 Å². The van der Waals surface area contributed by atoms with Crippen LogP contribution in [0.3, 0.4) is 0 Å². The molecule has 44 heavy (non-hydrogen) atoms. The van der Waals surface area contributed by atoms with Gasteiger partial charge in [0.1, 0.15) is 17.4 Å². The Morgan fingerprint density at radius 1 is 0.773 bits per heavy atom. The molecule has 4 aromatic rings. The van der Waals surface area contributed by atoms with Crippen molar-refractivity contribution in [3.8, 4) is 5.75 Å². The molecule has 0 aliphatic rings. The number of rotatable bonds is 15. The number of hydrogen-bond donors (Lipinski definition) is 4. The van der Waals surface area contributed by atoms with Crippen LogP contribution in [-0.2, 0) is 26.0 Å². The number of carboxylic acid groups (broad SMARTS) is 2. The zero-order chi connectivity index (χ0) is 31.5. The lowest BCUT2D eigenvalue weighted by molar-refractivity contribution is -0.139. The van der Waals surface area contributed by atoms with Gasteiger partial charge in [-0.2, -0.15) is 4.72 Å². The van der Waals surface area contributed by atoms with Crippen LogP contribution < -0.4 is 14.8 Å². The van der Waals surface area contributed by atoms with E-state index in [1.165, 1.54) is 30.3 Å². The summed E-state index contributed by atoms with van der Waals surface area (Å²) in [5, 5.41) is 21.4. The summed E-state index contributed by atoms with van der Waals surface area (Å²) in [6.45, 7) is -0.506. The molecule has 10 nitrogen and oxygen atoms in total. The maximum absolute atomic E-state index is 13.5. The quantitative estimate of drug-likeness (QED) is 0.156. The molecule has 0 saturated heterocycles. The highest BCUT2D eigenvalue weighted by molar-refractivity contribution is 7.89. The molecule has 228 valence electrons. The smallest absolute Gasteiger partial charge is 0.341 e. The molecule has 11 heteroatoms. The molecule has 4 N–H and O–H groups in total. The molecule has 1 amide bonds. The van der Waals surface area contributed by atoms with Gasteiger partial charge in [0.05, 0.1) is 4.90 Å². The fourth-order valence-corrected chi connectivity index (χ4v) is 5.99. The van der Waals surface area contributed by atoms with Crippen molar-refractivity contribution in [3.05, 3.63) is 131 Å². The van der Waals surface area contributed by atoms with Gasteiger partial charge in [0.15, 0.2) is 6.61 Å². The maximum Gasteiger partial charge on any atom is 0.341 e. The minimum Gasteiger partial charge on any atom is -0.481 e. The van der Waals surface area contributed by atoms with E-state index in [0.717, 1.165) is 11.1 Å². The number of aromatic carboxylic acids is 1. The highest BCUT2D eigenvalue weighted by Crippen LogP contribution is 2.27. The van der Waals surface area contributed by atoms with E-state index in [-0.39, 0.29) is 35.1 Å². The van der Waals surface area contributed by atoms with Gasteiger partial charge < -0.3 is 20.3 Å². The first-order valence-corrected chi connectivity index (χ1v) is 15.3. The number of carboxylic acids is 2. The highest BCUT2D eigenvalue weighted by Gasteiger charge is 2.27. The number of hydrogen-bond acceptors (Lipinski definition) is 6. The standard InChI is InChI=1S/C33H32N2O8S/c36-31(37)22-43-30-17-16-23(20-28(30)33(39)40)21-29(35-44(41,42)26-14-8-3-9-15-26)32(38)34-19-18-27(24-10-4-1-5-11-24)25-12-6-2-7-13-25/h1-17,20,27,29,35H,18-19,21-22H2,(H,34,38)(H,36,37)(H,39,40)/t29-/m0/s1. The molecule has 0 saturated carbocycles. The summed E-state index contributed by atoms with van der Waals surface area (Å²) in [6.07, 6.45) is 0.356. The fraction of sp³-hybridized carbons (Fsp3) is 0.182. The van der Waals surface area contributed by atoms with E-state index in [9.17, 15) is 27.9 Å². The molecule has 4 aromatic carbocycles. The third-order valence-corrected chi connectivity index (χ3v) is 8.36. The molecular weight excluding hydrogens is 584 g/mol. The minimum atomic E-state index is -4.12. The summed E-state index contributed by atoms with van der Waals surface area (Å²) in [5.74, 6) is -3.42. The Bertz CT molecular complexity index is 1640. The number of amides is 1. The van der Waals surface area contributed by atoms with E-state index >= 15 is 0 Å². The predicted octanol–water partition coefficient (Wildman–Crippen LogP) is 4.08. The van der Waals surface area contributed by atoms with Gasteiger partial charge in [0, 0.05) is 12.5 Å². The molecule has 0 bridgehead atoms. The fourth-order valence-electron chi connectivity index (χ4n) is 4.77. The molecule has 1 atom stereocenters. The third kappa shape index (κ3) is 8.76. The lowest BCUT2D eigenvalue weighted by atomic mass is 9.88. The normalized spacial score (nSPS) is 11.9. The first-order chi connectivity index (χ1) is 21.1. The van der Waals surface area contributed by atoms with Gasteiger partial charge in [-0.25, -0.2) is 18.0 Å². The Balaban J connectivity index is 1.56. The average molecular weight is 617 g/mol. The van der Waals surface area contributed by atoms with E-state index in [2.05, 4.69) is 10.0 Å². The van der Waals surface area contributed by atoms with Gasteiger partial charge in [-0.3, -0.25) is 4.79 Å². The molecule has 0 unspecified atom stereocenters. The minimum absolute atomic E-state index is 0.0198. The number of carbonyl (C=O) groups is 3. The first-order valence-electron chi connectivity index (χ1n) is 13.8. The number of aliphatic carboxylic acids is 1. The van der Waals surface area contributed by atoms with Crippen LogP contribution in [0.1, 0.15) is 39.4 Å². The van der Waals surface area contributed by atoms with Crippen molar-refractivity contribution in [2.75, 3.05) is 13.2 Å². The average Bonchev–Trinajstić information content (AvgIpc) is 3.03. The second kappa shape index (κ2) is 14.9. The lowest BCUT2D eigenvalue weighted by Crippen LogP contribution is -2.48. The second-order valence-electron chi connectivity index (χ2n) is 9.96. The summed E-state index contributed by atoms with van der Waals surface area (Å²) < 4.78 is 34.0. The largest absolute Gasteiger partial charge is 0.481 e. The number of carbonyl (C=O) groups excluding carboxylic acids is 1. The van der Waals surface area contributed by atoms with Gasteiger partial charge >= 0.3 is 11.9 Å². The number of nitrogens with one attached hydrogen (secondary N) is 2. The SMILES string of the molecule is O=C(O)COc1ccc(C[C@H](NS(=O)(=O)c2ccccc2)C(=O)NCCC(c2ccccc2)c2ccccc2)cc1C(=O)O. The van der Waals surface area contributed by atoms with Crippen LogP contribution in [0.4, 0.5) is 0 Å². The van der Waals surface area contributed by atoms with Crippen LogP contribution in [-0.4, -0.2) is 55.7 Å². The molecule has 0 aromatic heterocycles. The number of benzene rings is 4. The van der Waals surface area contributed by atoms with E-state index in [4.69, 9.17) is 9.84 Å². The van der Waals surface area contributed by atoms with Crippen molar-refractivity contribution in [1.82, 2.24) is 10.0 Å². The molecule has 4 rings (SSSR count). The van der Waals surface area contributed by atoms with Gasteiger partial charge in [-0.05, 0) is 53.8 Å². The maximum atomic E-state index is 13.5. The topological polar surface area (TPSA) is 159 Å². The molecule has 0 aliphatic carbocycles. The Kier molecular flexibility index (Phi) is 10.8. The molecular formula is C33H32N2O8S. The van der Waals surface area contributed by atoms with E-state index < -0.39 is 40.5 Å². The lowest BCUT2D eigenvalue weighted by Gasteiger charge is -2.21. The Labute approximate surface area is 255 Å². The zero-order valence-electron chi connectivity index (χ0n) is 23.6. The van der Waals surface area contributed by atoms with Crippen LogP contribution in [0.25, 0.3) is 0 Å². The summed E-state index contributed by atoms with van der Waals surface area (Å²) in [4.78, 5) is 36.3. The third-order valence-electron chi connectivity index (χ3n) is 6.87. The molecule has 0 heterocycles. The summed E-state index contributed by atoms with van der Waals surface area (Å²) in [6, 6.07) is 30.0. The van der Waals surface area contributed by atoms with Gasteiger partial charge in [0.25, 0.3) is 0 Å². The summed E-state index contributed by atoms with van der Waals surface area (Å²) in [5.41, 5.74) is 2.15. The van der Waals surface area contributed by atoms with Crippen LogP contribution in [0, 0.1) is 0 Å². The Morgan fingerprint density at radius 2 is 1.34 bits per heavy atom. The van der Waals surface area contributed by atoms with Crippen LogP contribution in [0.5, 0.6) is 5.75 Å². The van der Waals surface area contributed by atoms with Crippen LogP contribution in [0.15, 0.2) is 114 Å². The van der Waals surface area contributed by atoms with Gasteiger partial charge in [0.2, 0.25) is 15.9 Å². The van der Waals surface area contributed by atoms with E-state index in [1.54, 1.807) is 18.2 Å². The van der Waals surface area contributed by atoms with Crippen LogP contribution in [0.2, 0.25) is 0 Å². The first kappa shape index (κ1) is 31.9. The van der Waals surface area contributed by atoms with Crippen LogP contribution >= 0.6 is 0 Å². The van der Waals surface area contributed by atoms with Gasteiger partial charge in [-0.15, -0.1) is 0 Å². The monoisotopic (exact) mass is 616 g/mol. The van der Waals surface area contributed by atoms with Crippen molar-refractivity contribution in [1.29, 1.82) is 0 Å². The van der Waals surface area contributed by atoms with Gasteiger partial charge in [-0.1, -0.05) is 84.9 Å². The molecule has 0 fully saturated rings. The van der Waals surface area contributed by atoms with Crippen molar-refractivity contribution in [2.24, 2.45) is 0 Å². The van der Waals surface area contributed by atoms with Crippen molar-refractivity contribution in [3.63, 3.8) is 0 Å². The second-order valence-corrected chi connectivity index (χ2v) is 11.7. The summed E-state index contributed by atoms with van der Waals surface area (Å²) >= 11 is 0. The van der Waals surface area contributed by atoms with E-state index in [1.807, 2.05) is 60.7 Å². The number of ether oxygens (including phenoxy) is 1. The predicted molar refractivity (Wildman–Crippen MR) is 163 cm³/mol. The summed E-state index contributed by atoms with van der Waals surface area (Å²) in [7, 11) is -4.12. The van der Waals surface area contributed by atoms with Crippen molar-refractivity contribution < 1.29 is 37.8 Å². The molecule has 0 aliphatic heterocycles. The number of sulfonamides is 1.